The standard InChI is InChI=1S/C7H10N4O3/c1-3-4(12)5-8-10-6(11-9-5)7(13)14-2/h3H2,1-2H3,(H,8,9)(H,10,11). The number of Topliss-reactive ketones (excluding diaryl/α,β-unsaturated/α-hetero) is 1. The molecular formula is C7H10N4O3. The summed E-state index contributed by atoms with van der Waals surface area (Å²) in [6, 6.07) is 0. The van der Waals surface area contributed by atoms with Crippen molar-refractivity contribution in [3.05, 3.63) is 0 Å². The second-order valence-electron chi connectivity index (χ2n) is 2.41. The molecule has 1 rings (SSSR count). The molecule has 0 atom stereocenters. The molecule has 0 spiro atoms. The number of esters is 1. The molecule has 0 saturated carbocycles. The van der Waals surface area contributed by atoms with E-state index in [-0.39, 0.29) is 17.5 Å². The maximum atomic E-state index is 11.1. The van der Waals surface area contributed by atoms with Gasteiger partial charge in [-0.05, 0) is 0 Å². The average Bonchev–Trinajstić information content (AvgIpc) is 2.27. The van der Waals surface area contributed by atoms with E-state index in [1.807, 2.05) is 0 Å². The first-order valence-electron chi connectivity index (χ1n) is 3.98. The highest BCUT2D eigenvalue weighted by Gasteiger charge is 2.18. The Labute approximate surface area is 80.2 Å². The Kier molecular flexibility index (Phi) is 3.16. The number of ether oxygens (including phenoxy) is 1. The molecule has 1 aliphatic heterocycles. The molecule has 2 N–H and O–H groups in total. The fourth-order valence-corrected chi connectivity index (χ4v) is 0.748. The summed E-state index contributed by atoms with van der Waals surface area (Å²) in [6.45, 7) is 1.70. The van der Waals surface area contributed by atoms with Crippen molar-refractivity contribution in [3.63, 3.8) is 0 Å². The summed E-state index contributed by atoms with van der Waals surface area (Å²) in [6.07, 6.45) is 0.316. The average molecular weight is 198 g/mol. The Bertz CT molecular complexity index is 289. The van der Waals surface area contributed by atoms with E-state index in [0.29, 0.717) is 6.42 Å². The summed E-state index contributed by atoms with van der Waals surface area (Å²) in [5.74, 6) is -0.838. The molecule has 0 unspecified atom stereocenters. The van der Waals surface area contributed by atoms with Crippen molar-refractivity contribution in [2.75, 3.05) is 7.11 Å². The number of nitrogens with zero attached hydrogens (tertiary/aromatic N) is 2. The van der Waals surface area contributed by atoms with Crippen LogP contribution < -0.4 is 10.9 Å². The van der Waals surface area contributed by atoms with Crippen molar-refractivity contribution in [2.45, 2.75) is 13.3 Å². The summed E-state index contributed by atoms with van der Waals surface area (Å²) in [5.41, 5.74) is 4.68. The maximum absolute atomic E-state index is 11.1. The van der Waals surface area contributed by atoms with Crippen LogP contribution in [0.5, 0.6) is 0 Å². The SMILES string of the molecule is CCC(=O)C1=NNC(C(=O)OC)=NN1. The summed E-state index contributed by atoms with van der Waals surface area (Å²) < 4.78 is 4.39. The first-order chi connectivity index (χ1) is 6.69. The van der Waals surface area contributed by atoms with Gasteiger partial charge < -0.3 is 4.74 Å². The quantitative estimate of drug-likeness (QED) is 0.565. The van der Waals surface area contributed by atoms with E-state index >= 15 is 0 Å². The number of methoxy groups -OCH3 is 1. The normalized spacial score (nSPS) is 14.4. The van der Waals surface area contributed by atoms with Crippen molar-refractivity contribution < 1.29 is 14.3 Å². The second kappa shape index (κ2) is 4.35. The number of carbonyl (C=O) groups is 2. The molecule has 0 aromatic heterocycles. The van der Waals surface area contributed by atoms with Crippen LogP contribution in [0, 0.1) is 0 Å². The van der Waals surface area contributed by atoms with Gasteiger partial charge in [0.1, 0.15) is 0 Å². The highest BCUT2D eigenvalue weighted by molar-refractivity contribution is 6.41. The lowest BCUT2D eigenvalue weighted by molar-refractivity contribution is -0.133. The summed E-state index contributed by atoms with van der Waals surface area (Å²) in [4.78, 5) is 22.0. The van der Waals surface area contributed by atoms with Crippen LogP contribution in [0.15, 0.2) is 10.2 Å². The highest BCUT2D eigenvalue weighted by atomic mass is 16.5. The monoisotopic (exact) mass is 198 g/mol. The van der Waals surface area contributed by atoms with Gasteiger partial charge in [0.25, 0.3) is 5.84 Å². The zero-order valence-corrected chi connectivity index (χ0v) is 7.83. The minimum Gasteiger partial charge on any atom is -0.463 e. The Morgan fingerprint density at radius 3 is 2.29 bits per heavy atom. The van der Waals surface area contributed by atoms with Gasteiger partial charge in [-0.15, -0.1) is 5.10 Å². The molecule has 0 bridgehead atoms. The lowest BCUT2D eigenvalue weighted by Gasteiger charge is -2.11. The van der Waals surface area contributed by atoms with Gasteiger partial charge in [-0.2, -0.15) is 5.10 Å². The second-order valence-corrected chi connectivity index (χ2v) is 2.41. The lowest BCUT2D eigenvalue weighted by atomic mass is 10.3. The molecule has 0 aliphatic carbocycles. The Morgan fingerprint density at radius 2 is 1.86 bits per heavy atom. The number of nitrogens with one attached hydrogen (secondary N) is 2. The summed E-state index contributed by atoms with van der Waals surface area (Å²) >= 11 is 0. The lowest BCUT2D eigenvalue weighted by Crippen LogP contribution is -2.41. The van der Waals surface area contributed by atoms with Crippen molar-refractivity contribution in [3.8, 4) is 0 Å². The molecule has 76 valence electrons. The summed E-state index contributed by atoms with van der Waals surface area (Å²) in [5, 5.41) is 7.21. The minimum absolute atomic E-state index is 0.0832. The van der Waals surface area contributed by atoms with Gasteiger partial charge in [0.2, 0.25) is 11.6 Å². The number of hydrazone groups is 2. The van der Waals surface area contributed by atoms with Crippen molar-refractivity contribution >= 4 is 23.4 Å². The van der Waals surface area contributed by atoms with Crippen LogP contribution in [-0.2, 0) is 14.3 Å². The van der Waals surface area contributed by atoms with E-state index in [1.54, 1.807) is 6.92 Å². The van der Waals surface area contributed by atoms with Crippen molar-refractivity contribution in [1.29, 1.82) is 0 Å². The minimum atomic E-state index is -0.649. The smallest absolute Gasteiger partial charge is 0.377 e. The van der Waals surface area contributed by atoms with Crippen LogP contribution in [0.25, 0.3) is 0 Å². The van der Waals surface area contributed by atoms with E-state index in [4.69, 9.17) is 0 Å². The van der Waals surface area contributed by atoms with Gasteiger partial charge in [0, 0.05) is 6.42 Å². The summed E-state index contributed by atoms with van der Waals surface area (Å²) in [7, 11) is 1.23. The van der Waals surface area contributed by atoms with Crippen LogP contribution in [-0.4, -0.2) is 30.5 Å². The number of carbonyl (C=O) groups excluding carboxylic acids is 2. The van der Waals surface area contributed by atoms with Crippen molar-refractivity contribution in [1.82, 2.24) is 10.9 Å². The van der Waals surface area contributed by atoms with Gasteiger partial charge in [-0.25, -0.2) is 4.79 Å². The number of rotatable bonds is 3. The molecule has 0 saturated heterocycles. The Balaban J connectivity index is 2.61. The van der Waals surface area contributed by atoms with E-state index in [0.717, 1.165) is 0 Å². The zero-order chi connectivity index (χ0) is 10.6. The first-order valence-corrected chi connectivity index (χ1v) is 3.98. The first kappa shape index (κ1) is 10.2. The van der Waals surface area contributed by atoms with E-state index in [1.165, 1.54) is 7.11 Å². The van der Waals surface area contributed by atoms with E-state index < -0.39 is 5.97 Å². The molecular weight excluding hydrogens is 188 g/mol. The van der Waals surface area contributed by atoms with E-state index in [2.05, 4.69) is 25.8 Å². The third kappa shape index (κ3) is 2.06. The van der Waals surface area contributed by atoms with Gasteiger partial charge in [-0.1, -0.05) is 6.92 Å². The number of hydrogen-bond donors (Lipinski definition) is 2. The molecule has 0 aromatic carbocycles. The predicted molar refractivity (Wildman–Crippen MR) is 48.5 cm³/mol. The largest absolute Gasteiger partial charge is 0.463 e. The van der Waals surface area contributed by atoms with Crippen LogP contribution in [0.4, 0.5) is 0 Å². The molecule has 7 nitrogen and oxygen atoms in total. The third-order valence-electron chi connectivity index (χ3n) is 1.51. The van der Waals surface area contributed by atoms with Crippen LogP contribution in [0.1, 0.15) is 13.3 Å². The molecule has 1 heterocycles. The topological polar surface area (TPSA) is 92.2 Å². The molecule has 0 aromatic rings. The van der Waals surface area contributed by atoms with Crippen LogP contribution in [0.3, 0.4) is 0 Å². The third-order valence-corrected chi connectivity index (χ3v) is 1.51. The Morgan fingerprint density at radius 1 is 1.29 bits per heavy atom. The predicted octanol–water partition coefficient (Wildman–Crippen LogP) is -1.04. The van der Waals surface area contributed by atoms with Crippen molar-refractivity contribution in [2.24, 2.45) is 10.2 Å². The van der Waals surface area contributed by atoms with Crippen LogP contribution in [0.2, 0.25) is 0 Å². The maximum Gasteiger partial charge on any atom is 0.377 e. The number of ketones is 1. The van der Waals surface area contributed by atoms with Gasteiger partial charge >= 0.3 is 5.97 Å². The fraction of sp³-hybridized carbons (Fsp3) is 0.429. The van der Waals surface area contributed by atoms with E-state index in [9.17, 15) is 9.59 Å². The fourth-order valence-electron chi connectivity index (χ4n) is 0.748. The molecule has 0 fully saturated rings. The van der Waals surface area contributed by atoms with Gasteiger partial charge in [0.15, 0.2) is 0 Å². The molecule has 0 radical (unpaired) electrons. The van der Waals surface area contributed by atoms with Crippen LogP contribution >= 0.6 is 0 Å². The van der Waals surface area contributed by atoms with Gasteiger partial charge in [0.05, 0.1) is 7.11 Å². The number of amidine groups is 2. The molecule has 14 heavy (non-hydrogen) atoms. The zero-order valence-electron chi connectivity index (χ0n) is 7.83. The molecule has 7 heteroatoms. The highest BCUT2D eigenvalue weighted by Crippen LogP contribution is 1.90. The number of hydrogen-bond acceptors (Lipinski definition) is 7. The molecule has 0 amide bonds. The Hall–Kier alpha value is -1.92. The van der Waals surface area contributed by atoms with Gasteiger partial charge in [-0.3, -0.25) is 15.6 Å². The molecule has 1 aliphatic rings.